The first-order chi connectivity index (χ1) is 4.77. The second kappa shape index (κ2) is 1.94. The third-order valence-electron chi connectivity index (χ3n) is 2.97. The topological polar surface area (TPSA) is 43.1 Å². The summed E-state index contributed by atoms with van der Waals surface area (Å²) in [5.41, 5.74) is 0. The van der Waals surface area contributed by atoms with Crippen molar-refractivity contribution in [3.63, 3.8) is 0 Å². The largest absolute Gasteiger partial charge is 0.264 e. The van der Waals surface area contributed by atoms with Crippen LogP contribution in [0, 0.1) is 22.0 Å². The van der Waals surface area contributed by atoms with Gasteiger partial charge in [-0.05, 0) is 25.2 Å². The van der Waals surface area contributed by atoms with Gasteiger partial charge in [-0.3, -0.25) is 10.1 Å². The fourth-order valence-electron chi connectivity index (χ4n) is 2.47. The molecule has 0 radical (unpaired) electrons. The standard InChI is InChI=1S/C7H11NO2/c9-8(10)7-4-5-1-2-6(7)3-5/h5-7H,1-4H2/t5?,6?,7-/m0/s1. The first kappa shape index (κ1) is 6.13. The van der Waals surface area contributed by atoms with Crippen LogP contribution in [0.3, 0.4) is 0 Å². The van der Waals surface area contributed by atoms with E-state index in [0.29, 0.717) is 11.8 Å². The predicted octanol–water partition coefficient (Wildman–Crippen LogP) is 1.45. The van der Waals surface area contributed by atoms with E-state index in [1.807, 2.05) is 0 Å². The quantitative estimate of drug-likeness (QED) is 0.409. The van der Waals surface area contributed by atoms with Gasteiger partial charge in [0.15, 0.2) is 0 Å². The number of hydrogen-bond acceptors (Lipinski definition) is 2. The molecule has 3 nitrogen and oxygen atoms in total. The van der Waals surface area contributed by atoms with Crippen LogP contribution in [0.25, 0.3) is 0 Å². The summed E-state index contributed by atoms with van der Waals surface area (Å²) in [6, 6.07) is -0.182. The van der Waals surface area contributed by atoms with Crippen LogP contribution in [0.1, 0.15) is 25.7 Å². The third kappa shape index (κ3) is 0.728. The summed E-state index contributed by atoms with van der Waals surface area (Å²) in [6.45, 7) is 0. The SMILES string of the molecule is O=[N+]([O-])[C@H]1CC2CCC1C2. The molecule has 56 valence electrons. The molecule has 0 aromatic carbocycles. The van der Waals surface area contributed by atoms with Crippen molar-refractivity contribution in [2.45, 2.75) is 31.7 Å². The van der Waals surface area contributed by atoms with E-state index in [1.165, 1.54) is 6.42 Å². The molecular weight excluding hydrogens is 130 g/mol. The Labute approximate surface area is 59.6 Å². The average molecular weight is 141 g/mol. The van der Waals surface area contributed by atoms with E-state index in [0.717, 1.165) is 19.3 Å². The highest BCUT2D eigenvalue weighted by molar-refractivity contribution is 4.90. The average Bonchev–Trinajstić information content (AvgIpc) is 2.44. The van der Waals surface area contributed by atoms with Crippen molar-refractivity contribution in [3.05, 3.63) is 10.1 Å². The van der Waals surface area contributed by atoms with Crippen molar-refractivity contribution in [2.75, 3.05) is 0 Å². The monoisotopic (exact) mass is 141 g/mol. The molecule has 2 saturated carbocycles. The number of fused-ring (bicyclic) bond motifs is 2. The highest BCUT2D eigenvalue weighted by Gasteiger charge is 2.46. The van der Waals surface area contributed by atoms with E-state index < -0.39 is 0 Å². The molecule has 2 unspecified atom stereocenters. The van der Waals surface area contributed by atoms with E-state index in [-0.39, 0.29) is 11.0 Å². The molecule has 0 saturated heterocycles. The van der Waals surface area contributed by atoms with Gasteiger partial charge in [0.05, 0.1) is 0 Å². The molecule has 10 heavy (non-hydrogen) atoms. The Morgan fingerprint density at radius 2 is 2.10 bits per heavy atom. The smallest absolute Gasteiger partial charge is 0.216 e. The zero-order valence-corrected chi connectivity index (χ0v) is 5.82. The molecule has 0 aromatic heterocycles. The van der Waals surface area contributed by atoms with Gasteiger partial charge >= 0.3 is 0 Å². The van der Waals surface area contributed by atoms with Gasteiger partial charge in [-0.2, -0.15) is 0 Å². The van der Waals surface area contributed by atoms with Crippen LogP contribution in [0.5, 0.6) is 0 Å². The Morgan fingerprint density at radius 3 is 2.40 bits per heavy atom. The summed E-state index contributed by atoms with van der Waals surface area (Å²) in [5, 5.41) is 10.4. The maximum atomic E-state index is 10.4. The Balaban J connectivity index is 2.08. The van der Waals surface area contributed by atoms with Gasteiger partial charge in [-0.15, -0.1) is 0 Å². The molecule has 0 aliphatic heterocycles. The summed E-state index contributed by atoms with van der Waals surface area (Å²) >= 11 is 0. The van der Waals surface area contributed by atoms with E-state index in [4.69, 9.17) is 0 Å². The summed E-state index contributed by atoms with van der Waals surface area (Å²) in [6.07, 6.45) is 4.34. The molecule has 0 spiro atoms. The summed E-state index contributed by atoms with van der Waals surface area (Å²) < 4.78 is 0. The number of hydrogen-bond donors (Lipinski definition) is 0. The molecule has 0 amide bonds. The van der Waals surface area contributed by atoms with Crippen LogP contribution in [0.2, 0.25) is 0 Å². The van der Waals surface area contributed by atoms with Gasteiger partial charge in [0.2, 0.25) is 6.04 Å². The Morgan fingerprint density at radius 1 is 1.30 bits per heavy atom. The Kier molecular flexibility index (Phi) is 1.19. The van der Waals surface area contributed by atoms with Crippen LogP contribution in [0.15, 0.2) is 0 Å². The van der Waals surface area contributed by atoms with Gasteiger partial charge in [0, 0.05) is 17.3 Å². The van der Waals surface area contributed by atoms with Crippen LogP contribution in [-0.4, -0.2) is 11.0 Å². The normalized spacial score (nSPS) is 44.2. The van der Waals surface area contributed by atoms with Gasteiger partial charge in [0.1, 0.15) is 0 Å². The maximum Gasteiger partial charge on any atom is 0.216 e. The highest BCUT2D eigenvalue weighted by Crippen LogP contribution is 2.45. The molecule has 2 rings (SSSR count). The first-order valence-electron chi connectivity index (χ1n) is 3.91. The highest BCUT2D eigenvalue weighted by atomic mass is 16.6. The maximum absolute atomic E-state index is 10.4. The minimum atomic E-state index is -0.182. The van der Waals surface area contributed by atoms with E-state index in [9.17, 15) is 10.1 Å². The van der Waals surface area contributed by atoms with Crippen molar-refractivity contribution in [3.8, 4) is 0 Å². The van der Waals surface area contributed by atoms with E-state index in [1.54, 1.807) is 0 Å². The first-order valence-corrected chi connectivity index (χ1v) is 3.91. The number of rotatable bonds is 1. The molecular formula is C7H11NO2. The minimum absolute atomic E-state index is 0.0795. The Bertz CT molecular complexity index is 169. The molecule has 3 atom stereocenters. The molecule has 2 fully saturated rings. The van der Waals surface area contributed by atoms with Crippen molar-refractivity contribution in [2.24, 2.45) is 11.8 Å². The van der Waals surface area contributed by atoms with Gasteiger partial charge in [0.25, 0.3) is 0 Å². The van der Waals surface area contributed by atoms with Crippen LogP contribution < -0.4 is 0 Å². The molecule has 0 aromatic rings. The van der Waals surface area contributed by atoms with Crippen molar-refractivity contribution >= 4 is 0 Å². The Hall–Kier alpha value is -0.600. The van der Waals surface area contributed by atoms with Crippen LogP contribution in [0.4, 0.5) is 0 Å². The van der Waals surface area contributed by atoms with Gasteiger partial charge < -0.3 is 0 Å². The fourth-order valence-corrected chi connectivity index (χ4v) is 2.47. The van der Waals surface area contributed by atoms with Crippen LogP contribution in [-0.2, 0) is 0 Å². The molecule has 2 bridgehead atoms. The third-order valence-corrected chi connectivity index (χ3v) is 2.97. The van der Waals surface area contributed by atoms with Crippen molar-refractivity contribution in [1.82, 2.24) is 0 Å². The summed E-state index contributed by atoms with van der Waals surface area (Å²) in [4.78, 5) is 10.3. The predicted molar refractivity (Wildman–Crippen MR) is 36.2 cm³/mol. The summed E-state index contributed by atoms with van der Waals surface area (Å²) in [7, 11) is 0. The number of nitro groups is 1. The fraction of sp³-hybridized carbons (Fsp3) is 1.00. The lowest BCUT2D eigenvalue weighted by Crippen LogP contribution is -2.25. The summed E-state index contributed by atoms with van der Waals surface area (Å²) in [5.74, 6) is 1.13. The second-order valence-corrected chi connectivity index (χ2v) is 3.53. The molecule has 2 aliphatic rings. The van der Waals surface area contributed by atoms with E-state index >= 15 is 0 Å². The minimum Gasteiger partial charge on any atom is -0.264 e. The van der Waals surface area contributed by atoms with Crippen molar-refractivity contribution in [1.29, 1.82) is 0 Å². The molecule has 3 heteroatoms. The van der Waals surface area contributed by atoms with Gasteiger partial charge in [-0.1, -0.05) is 0 Å². The van der Waals surface area contributed by atoms with Crippen molar-refractivity contribution < 1.29 is 4.92 Å². The zero-order valence-electron chi connectivity index (χ0n) is 5.82. The zero-order chi connectivity index (χ0) is 7.14. The molecule has 0 heterocycles. The number of nitrogens with zero attached hydrogens (tertiary/aromatic N) is 1. The lowest BCUT2D eigenvalue weighted by atomic mass is 9.96. The molecule has 0 N–H and O–H groups in total. The van der Waals surface area contributed by atoms with Crippen LogP contribution >= 0.6 is 0 Å². The second-order valence-electron chi connectivity index (χ2n) is 3.53. The lowest BCUT2D eigenvalue weighted by molar-refractivity contribution is -0.530. The van der Waals surface area contributed by atoms with E-state index in [2.05, 4.69) is 0 Å². The lowest BCUT2D eigenvalue weighted by Gasteiger charge is -2.13. The van der Waals surface area contributed by atoms with Gasteiger partial charge in [-0.25, -0.2) is 0 Å². The molecule has 2 aliphatic carbocycles.